The van der Waals surface area contributed by atoms with Crippen molar-refractivity contribution in [2.75, 3.05) is 26.2 Å². The van der Waals surface area contributed by atoms with Crippen molar-refractivity contribution in [1.82, 2.24) is 14.8 Å². The number of thiophene rings is 1. The number of hydrogen-bond acceptors (Lipinski definition) is 7. The van der Waals surface area contributed by atoms with Crippen LogP contribution in [0.2, 0.25) is 0 Å². The van der Waals surface area contributed by atoms with E-state index in [1.807, 2.05) is 46.9 Å². The number of aromatic nitrogens is 1. The van der Waals surface area contributed by atoms with Gasteiger partial charge in [-0.1, -0.05) is 6.07 Å². The van der Waals surface area contributed by atoms with Crippen LogP contribution in [0, 0.1) is 0 Å². The van der Waals surface area contributed by atoms with Crippen LogP contribution in [0.25, 0.3) is 0 Å². The van der Waals surface area contributed by atoms with Gasteiger partial charge in [-0.3, -0.25) is 14.7 Å². The van der Waals surface area contributed by atoms with Crippen LogP contribution in [-0.2, 0) is 20.9 Å². The summed E-state index contributed by atoms with van der Waals surface area (Å²) in [4.78, 5) is 39.6. The van der Waals surface area contributed by atoms with Gasteiger partial charge < -0.3 is 19.8 Å². The summed E-state index contributed by atoms with van der Waals surface area (Å²) in [6, 6.07) is 8.20. The fraction of sp³-hybridized carbons (Fsp3) is 0.429. The van der Waals surface area contributed by atoms with Crippen LogP contribution in [-0.4, -0.2) is 93.6 Å². The van der Waals surface area contributed by atoms with Gasteiger partial charge in [0.05, 0.1) is 23.6 Å². The summed E-state index contributed by atoms with van der Waals surface area (Å²) < 4.78 is 69.4. The zero-order chi connectivity index (χ0) is 27.8. The maximum atomic E-state index is 12.6. The first-order chi connectivity index (χ1) is 17.2. The summed E-state index contributed by atoms with van der Waals surface area (Å²) in [7, 11) is 0. The number of halogens is 6. The summed E-state index contributed by atoms with van der Waals surface area (Å²) in [6.45, 7) is 3.95. The Hall–Kier alpha value is -3.24. The van der Waals surface area contributed by atoms with Crippen LogP contribution in [0.5, 0.6) is 0 Å². The van der Waals surface area contributed by atoms with Gasteiger partial charge in [-0.05, 0) is 29.1 Å². The fourth-order valence-electron chi connectivity index (χ4n) is 3.40. The van der Waals surface area contributed by atoms with Crippen molar-refractivity contribution in [3.63, 3.8) is 0 Å². The lowest BCUT2D eigenvalue weighted by molar-refractivity contribution is -0.193. The summed E-state index contributed by atoms with van der Waals surface area (Å²) >= 11 is 1.50. The Morgan fingerprint density at radius 1 is 1.00 bits per heavy atom. The van der Waals surface area contributed by atoms with Crippen LogP contribution in [0.15, 0.2) is 42.0 Å². The maximum absolute atomic E-state index is 12.6. The van der Waals surface area contributed by atoms with Crippen molar-refractivity contribution in [3.8, 4) is 0 Å². The second-order valence-electron chi connectivity index (χ2n) is 7.60. The first kappa shape index (κ1) is 30.0. The molecule has 0 aliphatic carbocycles. The second kappa shape index (κ2) is 12.8. The number of ether oxygens (including phenoxy) is 1. The number of rotatable bonds is 3. The van der Waals surface area contributed by atoms with Crippen LogP contribution in [0.1, 0.15) is 15.2 Å². The predicted molar refractivity (Wildman–Crippen MR) is 116 cm³/mol. The molecule has 4 rings (SSSR count). The van der Waals surface area contributed by atoms with Crippen LogP contribution < -0.4 is 0 Å². The molecule has 0 aromatic carbocycles. The number of carbonyl (C=O) groups excluding carboxylic acids is 1. The van der Waals surface area contributed by atoms with E-state index in [0.717, 1.165) is 31.1 Å². The minimum Gasteiger partial charge on any atom is -0.475 e. The monoisotopic (exact) mass is 557 g/mol. The molecule has 2 N–H and O–H groups in total. The molecular formula is C21H21F6N3O6S. The zero-order valence-electron chi connectivity index (χ0n) is 18.8. The lowest BCUT2D eigenvalue weighted by Crippen LogP contribution is -2.50. The maximum Gasteiger partial charge on any atom is 0.490 e. The molecule has 0 saturated carbocycles. The van der Waals surface area contributed by atoms with E-state index in [0.29, 0.717) is 6.54 Å². The van der Waals surface area contributed by atoms with E-state index in [9.17, 15) is 31.1 Å². The lowest BCUT2D eigenvalue weighted by atomic mass is 10.1. The second-order valence-corrected chi connectivity index (χ2v) is 8.54. The average molecular weight is 557 g/mol. The Morgan fingerprint density at radius 3 is 2.05 bits per heavy atom. The van der Waals surface area contributed by atoms with Crippen LogP contribution in [0.3, 0.4) is 0 Å². The molecule has 1 amide bonds. The van der Waals surface area contributed by atoms with E-state index in [1.165, 1.54) is 16.9 Å². The SMILES string of the molecule is O=C(O)C(F)(F)F.O=C(O)C(F)(F)F.O=C(c1cccs1)N1CC2OCCN(Cc3ccncc3)C2C1. The molecule has 2 aromatic heterocycles. The topological polar surface area (TPSA) is 120 Å². The lowest BCUT2D eigenvalue weighted by Gasteiger charge is -2.36. The molecule has 4 heterocycles. The number of alkyl halides is 6. The highest BCUT2D eigenvalue weighted by molar-refractivity contribution is 7.12. The average Bonchev–Trinajstić information content (AvgIpc) is 3.50. The molecule has 2 fully saturated rings. The first-order valence-corrected chi connectivity index (χ1v) is 11.3. The molecule has 2 unspecified atom stereocenters. The predicted octanol–water partition coefficient (Wildman–Crippen LogP) is 3.14. The van der Waals surface area contributed by atoms with E-state index >= 15 is 0 Å². The van der Waals surface area contributed by atoms with Gasteiger partial charge in [-0.2, -0.15) is 26.3 Å². The van der Waals surface area contributed by atoms with Crippen LogP contribution >= 0.6 is 11.3 Å². The zero-order valence-corrected chi connectivity index (χ0v) is 19.6. The molecule has 2 saturated heterocycles. The quantitative estimate of drug-likeness (QED) is 0.553. The minimum atomic E-state index is -5.08. The third kappa shape index (κ3) is 9.29. The molecule has 2 aromatic rings. The number of carboxylic acid groups (broad SMARTS) is 2. The summed E-state index contributed by atoms with van der Waals surface area (Å²) in [5.41, 5.74) is 1.25. The smallest absolute Gasteiger partial charge is 0.475 e. The van der Waals surface area contributed by atoms with Gasteiger partial charge in [0.1, 0.15) is 0 Å². The molecule has 2 aliphatic rings. The highest BCUT2D eigenvalue weighted by Crippen LogP contribution is 2.26. The Kier molecular flexibility index (Phi) is 10.4. The summed E-state index contributed by atoms with van der Waals surface area (Å²) in [5.74, 6) is -5.39. The molecular weight excluding hydrogens is 536 g/mol. The molecule has 2 aliphatic heterocycles. The van der Waals surface area contributed by atoms with Crippen molar-refractivity contribution < 1.29 is 55.7 Å². The number of pyridine rings is 1. The Labute approximate surface area is 209 Å². The van der Waals surface area contributed by atoms with Crippen molar-refractivity contribution in [2.24, 2.45) is 0 Å². The molecule has 0 bridgehead atoms. The normalized spacial score (nSPS) is 19.6. The molecule has 204 valence electrons. The molecule has 37 heavy (non-hydrogen) atoms. The Balaban J connectivity index is 0.000000286. The number of aliphatic carboxylic acids is 2. The Morgan fingerprint density at radius 2 is 1.57 bits per heavy atom. The van der Waals surface area contributed by atoms with Crippen molar-refractivity contribution in [3.05, 3.63) is 52.5 Å². The Bertz CT molecular complexity index is 1010. The van der Waals surface area contributed by atoms with E-state index in [2.05, 4.69) is 9.88 Å². The standard InChI is InChI=1S/C17H19N3O2S.2C2HF3O2/c21-17(16-2-1-9-23-16)20-11-14-15(12-20)22-8-7-19(14)10-13-3-5-18-6-4-13;2*3-2(4,5)1(6)7/h1-6,9,14-15H,7-8,10-12H2;2*(H,6,7). The largest absolute Gasteiger partial charge is 0.490 e. The minimum absolute atomic E-state index is 0.120. The van der Waals surface area contributed by atoms with Gasteiger partial charge in [0, 0.05) is 38.6 Å². The number of likely N-dealkylation sites (tertiary alicyclic amines) is 1. The van der Waals surface area contributed by atoms with Gasteiger partial charge in [0.15, 0.2) is 0 Å². The first-order valence-electron chi connectivity index (χ1n) is 10.4. The highest BCUT2D eigenvalue weighted by atomic mass is 32.1. The number of nitrogens with zero attached hydrogens (tertiary/aromatic N) is 3. The van der Waals surface area contributed by atoms with Gasteiger partial charge >= 0.3 is 24.3 Å². The third-order valence-electron chi connectivity index (χ3n) is 5.06. The molecule has 0 spiro atoms. The van der Waals surface area contributed by atoms with E-state index in [-0.39, 0.29) is 18.1 Å². The number of morpholine rings is 1. The van der Waals surface area contributed by atoms with Gasteiger partial charge in [0.2, 0.25) is 0 Å². The molecule has 0 radical (unpaired) electrons. The number of carboxylic acids is 2. The molecule has 16 heteroatoms. The van der Waals surface area contributed by atoms with Crippen molar-refractivity contribution in [2.45, 2.75) is 31.0 Å². The third-order valence-corrected chi connectivity index (χ3v) is 5.91. The fourth-order valence-corrected chi connectivity index (χ4v) is 4.09. The van der Waals surface area contributed by atoms with Crippen LogP contribution in [0.4, 0.5) is 26.3 Å². The van der Waals surface area contributed by atoms with Crippen molar-refractivity contribution >= 4 is 29.2 Å². The molecule has 2 atom stereocenters. The summed E-state index contributed by atoms with van der Waals surface area (Å²) in [5, 5.41) is 16.2. The summed E-state index contributed by atoms with van der Waals surface area (Å²) in [6.07, 6.45) is -6.39. The number of amides is 1. The van der Waals surface area contributed by atoms with Gasteiger partial charge in [-0.25, -0.2) is 9.59 Å². The van der Waals surface area contributed by atoms with Crippen molar-refractivity contribution in [1.29, 1.82) is 0 Å². The van der Waals surface area contributed by atoms with E-state index in [1.54, 1.807) is 0 Å². The van der Waals surface area contributed by atoms with Gasteiger partial charge in [0.25, 0.3) is 5.91 Å². The van der Waals surface area contributed by atoms with Gasteiger partial charge in [-0.15, -0.1) is 11.3 Å². The number of hydrogen-bond donors (Lipinski definition) is 2. The van der Waals surface area contributed by atoms with E-state index < -0.39 is 24.3 Å². The molecule has 9 nitrogen and oxygen atoms in total. The van der Waals surface area contributed by atoms with E-state index in [4.69, 9.17) is 24.5 Å². The number of carbonyl (C=O) groups is 3. The number of fused-ring (bicyclic) bond motifs is 1. The highest BCUT2D eigenvalue weighted by Gasteiger charge is 2.42.